The van der Waals surface area contributed by atoms with Crippen LogP contribution in [0.25, 0.3) is 0 Å². The van der Waals surface area contributed by atoms with Crippen molar-refractivity contribution in [3.63, 3.8) is 0 Å². The van der Waals surface area contributed by atoms with E-state index in [1.54, 1.807) is 18.2 Å². The third-order valence-electron chi connectivity index (χ3n) is 2.83. The Morgan fingerprint density at radius 3 is 3.05 bits per heavy atom. The van der Waals surface area contributed by atoms with Crippen LogP contribution in [-0.2, 0) is 9.53 Å². The number of rotatable bonds is 5. The molecule has 0 saturated carbocycles. The first-order valence-corrected chi connectivity index (χ1v) is 6.87. The van der Waals surface area contributed by atoms with Crippen molar-refractivity contribution in [2.75, 3.05) is 19.8 Å². The van der Waals surface area contributed by atoms with Crippen LogP contribution < -0.4 is 10.1 Å². The maximum absolute atomic E-state index is 11.6. The fraction of sp³-hybridized carbons (Fsp3) is 0.462. The van der Waals surface area contributed by atoms with Crippen molar-refractivity contribution in [2.24, 2.45) is 0 Å². The first-order valence-electron chi connectivity index (χ1n) is 6.12. The van der Waals surface area contributed by atoms with E-state index in [4.69, 9.17) is 32.7 Å². The molecule has 104 valence electrons. The molecule has 19 heavy (non-hydrogen) atoms. The van der Waals surface area contributed by atoms with Gasteiger partial charge in [-0.2, -0.15) is 0 Å². The summed E-state index contributed by atoms with van der Waals surface area (Å²) in [5.74, 6) is 0.202. The van der Waals surface area contributed by atoms with E-state index in [-0.39, 0.29) is 18.6 Å². The molecule has 1 aliphatic heterocycles. The van der Waals surface area contributed by atoms with Crippen molar-refractivity contribution >= 4 is 29.1 Å². The van der Waals surface area contributed by atoms with Gasteiger partial charge in [0.1, 0.15) is 10.8 Å². The SMILES string of the molecule is O=C(COc1cccc(Cl)c1Cl)NCC1CCCO1. The van der Waals surface area contributed by atoms with Crippen molar-refractivity contribution in [1.82, 2.24) is 5.32 Å². The number of amides is 1. The van der Waals surface area contributed by atoms with Gasteiger partial charge in [-0.05, 0) is 25.0 Å². The molecule has 1 fully saturated rings. The van der Waals surface area contributed by atoms with Crippen LogP contribution in [-0.4, -0.2) is 31.8 Å². The Kier molecular flexibility index (Phi) is 5.31. The Morgan fingerprint density at radius 1 is 1.47 bits per heavy atom. The molecule has 1 N–H and O–H groups in total. The minimum absolute atomic E-state index is 0.0905. The number of carbonyl (C=O) groups excluding carboxylic acids is 1. The van der Waals surface area contributed by atoms with Gasteiger partial charge >= 0.3 is 0 Å². The average Bonchev–Trinajstić information content (AvgIpc) is 2.91. The van der Waals surface area contributed by atoms with E-state index in [1.807, 2.05) is 0 Å². The number of nitrogens with one attached hydrogen (secondary N) is 1. The molecular formula is C13H15Cl2NO3. The van der Waals surface area contributed by atoms with Gasteiger partial charge < -0.3 is 14.8 Å². The maximum atomic E-state index is 11.6. The molecule has 0 radical (unpaired) electrons. The zero-order valence-electron chi connectivity index (χ0n) is 10.3. The molecule has 1 unspecified atom stereocenters. The lowest BCUT2D eigenvalue weighted by molar-refractivity contribution is -0.123. The van der Waals surface area contributed by atoms with Crippen LogP contribution in [0.15, 0.2) is 18.2 Å². The van der Waals surface area contributed by atoms with E-state index in [1.165, 1.54) is 0 Å². The zero-order valence-corrected chi connectivity index (χ0v) is 11.8. The number of halogens is 2. The van der Waals surface area contributed by atoms with Gasteiger partial charge in [0, 0.05) is 13.2 Å². The van der Waals surface area contributed by atoms with Gasteiger partial charge in [-0.15, -0.1) is 0 Å². The maximum Gasteiger partial charge on any atom is 0.258 e. The number of carbonyl (C=O) groups is 1. The lowest BCUT2D eigenvalue weighted by Crippen LogP contribution is -2.35. The lowest BCUT2D eigenvalue weighted by Gasteiger charge is -2.12. The average molecular weight is 304 g/mol. The van der Waals surface area contributed by atoms with E-state index in [9.17, 15) is 4.79 Å². The van der Waals surface area contributed by atoms with Gasteiger partial charge in [-0.3, -0.25) is 4.79 Å². The second-order valence-corrected chi connectivity index (χ2v) is 5.06. The highest BCUT2D eigenvalue weighted by Crippen LogP contribution is 2.31. The quantitative estimate of drug-likeness (QED) is 0.910. The first-order chi connectivity index (χ1) is 9.16. The van der Waals surface area contributed by atoms with Crippen molar-refractivity contribution in [2.45, 2.75) is 18.9 Å². The van der Waals surface area contributed by atoms with E-state index in [0.717, 1.165) is 19.4 Å². The molecule has 1 aromatic rings. The normalized spacial score (nSPS) is 18.3. The molecule has 6 heteroatoms. The first kappa shape index (κ1) is 14.4. The Hall–Kier alpha value is -0.970. The molecule has 0 bridgehead atoms. The van der Waals surface area contributed by atoms with E-state index < -0.39 is 0 Å². The molecule has 1 atom stereocenters. The third-order valence-corrected chi connectivity index (χ3v) is 3.63. The predicted octanol–water partition coefficient (Wildman–Crippen LogP) is 2.67. The van der Waals surface area contributed by atoms with Crippen molar-refractivity contribution in [1.29, 1.82) is 0 Å². The molecule has 2 rings (SSSR count). The van der Waals surface area contributed by atoms with Gasteiger partial charge in [-0.25, -0.2) is 0 Å². The molecule has 1 amide bonds. The molecule has 0 aliphatic carbocycles. The predicted molar refractivity (Wildman–Crippen MR) is 73.9 cm³/mol. The highest BCUT2D eigenvalue weighted by Gasteiger charge is 2.16. The Morgan fingerprint density at radius 2 is 2.32 bits per heavy atom. The fourth-order valence-corrected chi connectivity index (χ4v) is 2.17. The smallest absolute Gasteiger partial charge is 0.258 e. The summed E-state index contributed by atoms with van der Waals surface area (Å²) in [6.45, 7) is 1.20. The summed E-state index contributed by atoms with van der Waals surface area (Å²) in [6, 6.07) is 5.05. The number of hydrogen-bond acceptors (Lipinski definition) is 3. The van der Waals surface area contributed by atoms with Crippen LogP contribution in [0.2, 0.25) is 10.0 Å². The van der Waals surface area contributed by atoms with E-state index in [0.29, 0.717) is 22.3 Å². The van der Waals surface area contributed by atoms with Crippen LogP contribution in [0.5, 0.6) is 5.75 Å². The minimum atomic E-state index is -0.202. The highest BCUT2D eigenvalue weighted by molar-refractivity contribution is 6.42. The van der Waals surface area contributed by atoms with E-state index in [2.05, 4.69) is 5.32 Å². The van der Waals surface area contributed by atoms with E-state index >= 15 is 0 Å². The lowest BCUT2D eigenvalue weighted by atomic mass is 10.2. The Balaban J connectivity index is 1.75. The Bertz CT molecular complexity index is 448. The topological polar surface area (TPSA) is 47.6 Å². The number of ether oxygens (including phenoxy) is 2. The summed E-state index contributed by atoms with van der Waals surface area (Å²) in [5, 5.41) is 3.48. The van der Waals surface area contributed by atoms with Gasteiger partial charge in [0.25, 0.3) is 5.91 Å². The van der Waals surface area contributed by atoms with Gasteiger partial charge in [0.2, 0.25) is 0 Å². The van der Waals surface area contributed by atoms with Crippen LogP contribution >= 0.6 is 23.2 Å². The largest absolute Gasteiger partial charge is 0.482 e. The summed E-state index contributed by atoms with van der Waals surface area (Å²) in [5.41, 5.74) is 0. The van der Waals surface area contributed by atoms with Crippen LogP contribution in [0, 0.1) is 0 Å². The summed E-state index contributed by atoms with van der Waals surface area (Å²) < 4.78 is 10.7. The van der Waals surface area contributed by atoms with Crippen LogP contribution in [0.3, 0.4) is 0 Å². The van der Waals surface area contributed by atoms with Crippen molar-refractivity contribution < 1.29 is 14.3 Å². The minimum Gasteiger partial charge on any atom is -0.482 e. The summed E-state index contributed by atoms with van der Waals surface area (Å²) in [6.07, 6.45) is 2.16. The second kappa shape index (κ2) is 6.98. The van der Waals surface area contributed by atoms with Gasteiger partial charge in [0.15, 0.2) is 6.61 Å². The summed E-state index contributed by atoms with van der Waals surface area (Å²) >= 11 is 11.8. The molecule has 0 spiro atoms. The fourth-order valence-electron chi connectivity index (χ4n) is 1.82. The van der Waals surface area contributed by atoms with Crippen LogP contribution in [0.1, 0.15) is 12.8 Å². The molecule has 1 saturated heterocycles. The third kappa shape index (κ3) is 4.27. The monoisotopic (exact) mass is 303 g/mol. The number of benzene rings is 1. The van der Waals surface area contributed by atoms with Crippen LogP contribution in [0.4, 0.5) is 0 Å². The van der Waals surface area contributed by atoms with Gasteiger partial charge in [0.05, 0.1) is 11.1 Å². The van der Waals surface area contributed by atoms with Crippen molar-refractivity contribution in [3.05, 3.63) is 28.2 Å². The second-order valence-electron chi connectivity index (χ2n) is 4.28. The summed E-state index contributed by atoms with van der Waals surface area (Å²) in [7, 11) is 0. The molecule has 0 aromatic heterocycles. The molecule has 1 aliphatic rings. The molecule has 4 nitrogen and oxygen atoms in total. The highest BCUT2D eigenvalue weighted by atomic mass is 35.5. The zero-order chi connectivity index (χ0) is 13.7. The molecule has 1 heterocycles. The standard InChI is InChI=1S/C13H15Cl2NO3/c14-10-4-1-5-11(13(10)15)19-8-12(17)16-7-9-3-2-6-18-9/h1,4-5,9H,2-3,6-8H2,(H,16,17). The number of hydrogen-bond donors (Lipinski definition) is 1. The molecular weight excluding hydrogens is 289 g/mol. The van der Waals surface area contributed by atoms with Crippen molar-refractivity contribution in [3.8, 4) is 5.75 Å². The van der Waals surface area contributed by atoms with Gasteiger partial charge in [-0.1, -0.05) is 29.3 Å². The summed E-state index contributed by atoms with van der Waals surface area (Å²) in [4.78, 5) is 11.6. The molecule has 1 aromatic carbocycles. The Labute approximate surface area is 122 Å².